The number of benzene rings is 1. The first-order valence-electron chi connectivity index (χ1n) is 10.1. The average Bonchev–Trinajstić information content (AvgIpc) is 3.22. The third-order valence-electron chi connectivity index (χ3n) is 5.50. The largest absolute Gasteiger partial charge is 0.268 e. The minimum absolute atomic E-state index is 0.643. The quantitative estimate of drug-likeness (QED) is 0.519. The van der Waals surface area contributed by atoms with Crippen LogP contribution in [0.5, 0.6) is 0 Å². The maximum atomic E-state index is 4.98. The molecule has 0 fully saturated rings. The van der Waals surface area contributed by atoms with Gasteiger partial charge in [0.1, 0.15) is 5.69 Å². The van der Waals surface area contributed by atoms with Crippen LogP contribution in [0.1, 0.15) is 30.2 Å². The van der Waals surface area contributed by atoms with E-state index in [0.717, 1.165) is 41.2 Å². The van der Waals surface area contributed by atoms with Crippen molar-refractivity contribution in [2.75, 3.05) is 0 Å². The summed E-state index contributed by atoms with van der Waals surface area (Å²) in [5.41, 5.74) is 6.50. The van der Waals surface area contributed by atoms with Crippen molar-refractivity contribution in [2.45, 2.75) is 32.7 Å². The van der Waals surface area contributed by atoms with E-state index in [4.69, 9.17) is 15.1 Å². The predicted octanol–water partition coefficient (Wildman–Crippen LogP) is 4.58. The van der Waals surface area contributed by atoms with Crippen LogP contribution in [-0.2, 0) is 19.4 Å². The molecule has 0 spiro atoms. The molecule has 0 aliphatic heterocycles. The van der Waals surface area contributed by atoms with Gasteiger partial charge in [0.25, 0.3) is 0 Å². The second-order valence-corrected chi connectivity index (χ2v) is 7.79. The topological polar surface area (TPSA) is 56.5 Å². The summed E-state index contributed by atoms with van der Waals surface area (Å²) in [5, 5.41) is 4.84. The van der Waals surface area contributed by atoms with E-state index in [0.29, 0.717) is 12.5 Å². The van der Waals surface area contributed by atoms with Crippen molar-refractivity contribution in [3.05, 3.63) is 83.9 Å². The molecule has 0 bridgehead atoms. The number of pyridine rings is 1. The van der Waals surface area contributed by atoms with Crippen LogP contribution < -0.4 is 0 Å². The minimum atomic E-state index is 0.643. The Hall–Kier alpha value is -3.34. The van der Waals surface area contributed by atoms with E-state index in [1.165, 1.54) is 17.7 Å². The van der Waals surface area contributed by atoms with E-state index in [9.17, 15) is 0 Å². The molecule has 144 valence electrons. The monoisotopic (exact) mass is 381 g/mol. The molecule has 1 aliphatic rings. The smallest absolute Gasteiger partial charge is 0.160 e. The van der Waals surface area contributed by atoms with Gasteiger partial charge in [0, 0.05) is 35.4 Å². The summed E-state index contributed by atoms with van der Waals surface area (Å²) in [5.74, 6) is 1.43. The van der Waals surface area contributed by atoms with Crippen molar-refractivity contribution in [3.8, 4) is 22.8 Å². The highest BCUT2D eigenvalue weighted by molar-refractivity contribution is 5.65. The first kappa shape index (κ1) is 17.7. The van der Waals surface area contributed by atoms with Gasteiger partial charge in [0.05, 0.1) is 12.2 Å². The normalized spacial score (nSPS) is 15.8. The van der Waals surface area contributed by atoms with Crippen LogP contribution >= 0.6 is 0 Å². The summed E-state index contributed by atoms with van der Waals surface area (Å²) >= 11 is 0. The zero-order valence-electron chi connectivity index (χ0n) is 16.5. The van der Waals surface area contributed by atoms with Gasteiger partial charge in [-0.25, -0.2) is 9.97 Å². The maximum Gasteiger partial charge on any atom is 0.160 e. The van der Waals surface area contributed by atoms with Crippen molar-refractivity contribution in [1.82, 2.24) is 24.7 Å². The van der Waals surface area contributed by atoms with Crippen LogP contribution in [0.4, 0.5) is 0 Å². The summed E-state index contributed by atoms with van der Waals surface area (Å²) in [4.78, 5) is 14.1. The number of nitrogens with zero attached hydrogens (tertiary/aromatic N) is 5. The lowest BCUT2D eigenvalue weighted by Gasteiger charge is -2.23. The maximum absolute atomic E-state index is 4.98. The Morgan fingerprint density at radius 2 is 1.93 bits per heavy atom. The molecule has 0 saturated heterocycles. The van der Waals surface area contributed by atoms with Gasteiger partial charge in [0.15, 0.2) is 5.82 Å². The van der Waals surface area contributed by atoms with E-state index in [1.54, 1.807) is 6.20 Å². The van der Waals surface area contributed by atoms with Crippen LogP contribution in [0.15, 0.2) is 67.1 Å². The molecule has 1 unspecified atom stereocenters. The van der Waals surface area contributed by atoms with Crippen LogP contribution in [0.2, 0.25) is 0 Å². The number of rotatable bonds is 4. The van der Waals surface area contributed by atoms with Gasteiger partial charge in [-0.1, -0.05) is 43.3 Å². The Morgan fingerprint density at radius 1 is 1.03 bits per heavy atom. The fraction of sp³-hybridized carbons (Fsp3) is 0.250. The lowest BCUT2D eigenvalue weighted by atomic mass is 9.86. The van der Waals surface area contributed by atoms with Gasteiger partial charge >= 0.3 is 0 Å². The highest BCUT2D eigenvalue weighted by Gasteiger charge is 2.24. The van der Waals surface area contributed by atoms with Gasteiger partial charge < -0.3 is 0 Å². The van der Waals surface area contributed by atoms with E-state index in [2.05, 4.69) is 36.2 Å². The van der Waals surface area contributed by atoms with Crippen molar-refractivity contribution < 1.29 is 0 Å². The third kappa shape index (κ3) is 3.68. The predicted molar refractivity (Wildman–Crippen MR) is 113 cm³/mol. The molecule has 5 nitrogen and oxygen atoms in total. The van der Waals surface area contributed by atoms with Crippen molar-refractivity contribution in [3.63, 3.8) is 0 Å². The first-order chi connectivity index (χ1) is 14.3. The van der Waals surface area contributed by atoms with Crippen LogP contribution in [0, 0.1) is 5.92 Å². The zero-order valence-corrected chi connectivity index (χ0v) is 16.5. The zero-order chi connectivity index (χ0) is 19.6. The van der Waals surface area contributed by atoms with Crippen molar-refractivity contribution in [2.24, 2.45) is 5.92 Å². The molecule has 3 heterocycles. The Morgan fingerprint density at radius 3 is 2.76 bits per heavy atom. The molecule has 3 aromatic heterocycles. The fourth-order valence-electron chi connectivity index (χ4n) is 3.97. The lowest BCUT2D eigenvalue weighted by molar-refractivity contribution is 0.493. The molecule has 29 heavy (non-hydrogen) atoms. The van der Waals surface area contributed by atoms with E-state index in [-0.39, 0.29) is 0 Å². The summed E-state index contributed by atoms with van der Waals surface area (Å²) in [7, 11) is 0. The summed E-state index contributed by atoms with van der Waals surface area (Å²) in [6.45, 7) is 3.00. The van der Waals surface area contributed by atoms with Gasteiger partial charge in [-0.15, -0.1) is 0 Å². The summed E-state index contributed by atoms with van der Waals surface area (Å²) in [6, 6.07) is 16.3. The molecule has 1 atom stereocenters. The van der Waals surface area contributed by atoms with E-state index in [1.807, 2.05) is 41.3 Å². The lowest BCUT2D eigenvalue weighted by Crippen LogP contribution is -2.16. The van der Waals surface area contributed by atoms with Crippen molar-refractivity contribution >= 4 is 0 Å². The Labute approximate surface area is 170 Å². The molecule has 0 radical (unpaired) electrons. The molecule has 0 amide bonds. The average molecular weight is 381 g/mol. The van der Waals surface area contributed by atoms with Crippen molar-refractivity contribution in [1.29, 1.82) is 0 Å². The number of aryl methyl sites for hydroxylation is 1. The van der Waals surface area contributed by atoms with Gasteiger partial charge in [0.2, 0.25) is 0 Å². The second-order valence-electron chi connectivity index (χ2n) is 7.79. The standard InChI is InChI=1S/C24H23N5/c1-17-9-10-21-20(14-17)23(27-24(26-21)19-7-3-2-4-8-19)22-11-13-29(28-22)16-18-6-5-12-25-15-18/h2-8,11-13,15,17H,9-10,14,16H2,1H3. The molecule has 1 aromatic carbocycles. The molecule has 5 heteroatoms. The molecule has 1 aliphatic carbocycles. The Balaban J connectivity index is 1.57. The summed E-state index contributed by atoms with van der Waals surface area (Å²) < 4.78 is 1.95. The highest BCUT2D eigenvalue weighted by atomic mass is 15.3. The molecule has 5 rings (SSSR count). The van der Waals surface area contributed by atoms with Crippen LogP contribution in [-0.4, -0.2) is 24.7 Å². The number of aromatic nitrogens is 5. The second kappa shape index (κ2) is 7.59. The minimum Gasteiger partial charge on any atom is -0.268 e. The molecule has 4 aromatic rings. The number of hydrogen-bond acceptors (Lipinski definition) is 4. The van der Waals surface area contributed by atoms with Gasteiger partial charge in [-0.3, -0.25) is 9.67 Å². The fourth-order valence-corrected chi connectivity index (χ4v) is 3.97. The first-order valence-corrected chi connectivity index (χ1v) is 10.1. The Kier molecular flexibility index (Phi) is 4.64. The van der Waals surface area contributed by atoms with Gasteiger partial charge in [-0.2, -0.15) is 5.10 Å². The van der Waals surface area contributed by atoms with Crippen LogP contribution in [0.3, 0.4) is 0 Å². The third-order valence-corrected chi connectivity index (χ3v) is 5.50. The Bertz CT molecular complexity index is 1120. The molecular weight excluding hydrogens is 358 g/mol. The molecule has 0 saturated carbocycles. The van der Waals surface area contributed by atoms with E-state index < -0.39 is 0 Å². The SMILES string of the molecule is CC1CCc2nc(-c3ccccc3)nc(-c3ccn(Cc4cccnc4)n3)c2C1. The highest BCUT2D eigenvalue weighted by Crippen LogP contribution is 2.33. The molecular formula is C24H23N5. The number of hydrogen-bond donors (Lipinski definition) is 0. The van der Waals surface area contributed by atoms with Gasteiger partial charge in [-0.05, 0) is 42.9 Å². The molecule has 0 N–H and O–H groups in total. The number of fused-ring (bicyclic) bond motifs is 1. The van der Waals surface area contributed by atoms with Crippen LogP contribution in [0.25, 0.3) is 22.8 Å². The van der Waals surface area contributed by atoms with E-state index >= 15 is 0 Å². The summed E-state index contributed by atoms with van der Waals surface area (Å²) in [6.07, 6.45) is 8.87.